The van der Waals surface area contributed by atoms with E-state index in [1.807, 2.05) is 0 Å². The first-order valence-corrected chi connectivity index (χ1v) is 8.08. The number of carbonyl (C=O) groups excluding carboxylic acids is 1. The fourth-order valence-corrected chi connectivity index (χ4v) is 2.26. The van der Waals surface area contributed by atoms with Gasteiger partial charge in [-0.25, -0.2) is 0 Å². The summed E-state index contributed by atoms with van der Waals surface area (Å²) in [4.78, 5) is 11.8. The predicted molar refractivity (Wildman–Crippen MR) is 91.5 cm³/mol. The second-order valence-corrected chi connectivity index (χ2v) is 5.75. The molecule has 0 fully saturated rings. The van der Waals surface area contributed by atoms with Crippen molar-refractivity contribution in [2.24, 2.45) is 0 Å². The Bertz CT molecular complexity index is 729. The van der Waals surface area contributed by atoms with Gasteiger partial charge in [0.2, 0.25) is 5.91 Å². The number of hydrogen-bond donors (Lipinski definition) is 1. The maximum Gasteiger partial charge on any atom is 0.387 e. The Kier molecular flexibility index (Phi) is 7.28. The average Bonchev–Trinajstić information content (AvgIpc) is 2.57. The summed E-state index contributed by atoms with van der Waals surface area (Å²) in [6.45, 7) is -2.70. The molecule has 0 spiro atoms. The first-order chi connectivity index (χ1) is 12.0. The van der Waals surface area contributed by atoms with Gasteiger partial charge in [0.05, 0.1) is 23.1 Å². The van der Waals surface area contributed by atoms with Gasteiger partial charge in [-0.2, -0.15) is 8.78 Å². The molecule has 0 aliphatic carbocycles. The number of hydrogen-bond acceptors (Lipinski definition) is 3. The van der Waals surface area contributed by atoms with Gasteiger partial charge in [0.15, 0.2) is 0 Å². The lowest BCUT2D eigenvalue weighted by Gasteiger charge is -2.11. The lowest BCUT2D eigenvalue weighted by Crippen LogP contribution is -2.24. The van der Waals surface area contributed by atoms with E-state index in [0.717, 1.165) is 0 Å². The lowest BCUT2D eigenvalue weighted by atomic mass is 10.2. The number of amides is 1. The molecule has 0 heterocycles. The summed E-state index contributed by atoms with van der Waals surface area (Å²) in [6.07, 6.45) is 0.0954. The minimum atomic E-state index is -2.92. The van der Waals surface area contributed by atoms with Gasteiger partial charge in [-0.05, 0) is 18.2 Å². The summed E-state index contributed by atoms with van der Waals surface area (Å²) < 4.78 is 34.5. The van der Waals surface area contributed by atoms with Crippen molar-refractivity contribution in [3.05, 3.63) is 58.1 Å². The molecule has 0 aliphatic rings. The number of rotatable bonds is 8. The zero-order valence-electron chi connectivity index (χ0n) is 13.0. The van der Waals surface area contributed by atoms with Crippen LogP contribution in [0.2, 0.25) is 10.0 Å². The molecule has 25 heavy (non-hydrogen) atoms. The number of halogens is 4. The van der Waals surface area contributed by atoms with Crippen LogP contribution in [0.5, 0.6) is 11.5 Å². The van der Waals surface area contributed by atoms with E-state index in [0.29, 0.717) is 21.4 Å². The van der Waals surface area contributed by atoms with Gasteiger partial charge in [0, 0.05) is 18.2 Å². The van der Waals surface area contributed by atoms with E-state index in [1.54, 1.807) is 36.4 Å². The molecule has 0 aromatic heterocycles. The Morgan fingerprint density at radius 2 is 1.88 bits per heavy atom. The first kappa shape index (κ1) is 19.3. The standard InChI is InChI=1S/C17H15Cl2F2NO3/c18-13-6-5-12(9-14(13)19)24-8-7-16(23)22-10-11-3-1-2-4-15(11)25-17(20)21/h1-6,9,17H,7-8,10H2,(H,22,23). The molecule has 0 unspecified atom stereocenters. The first-order valence-electron chi connectivity index (χ1n) is 7.33. The number of nitrogens with one attached hydrogen (secondary N) is 1. The van der Waals surface area contributed by atoms with E-state index < -0.39 is 6.61 Å². The van der Waals surface area contributed by atoms with E-state index in [2.05, 4.69) is 10.1 Å². The smallest absolute Gasteiger partial charge is 0.387 e. The van der Waals surface area contributed by atoms with E-state index in [9.17, 15) is 13.6 Å². The summed E-state index contributed by atoms with van der Waals surface area (Å²) >= 11 is 11.7. The van der Waals surface area contributed by atoms with E-state index in [1.165, 1.54) is 6.07 Å². The summed E-state index contributed by atoms with van der Waals surface area (Å²) in [6, 6.07) is 11.1. The number of para-hydroxylation sites is 1. The normalized spacial score (nSPS) is 10.6. The second-order valence-electron chi connectivity index (χ2n) is 4.94. The fourth-order valence-electron chi connectivity index (χ4n) is 1.97. The van der Waals surface area contributed by atoms with Crippen LogP contribution in [0.15, 0.2) is 42.5 Å². The topological polar surface area (TPSA) is 47.6 Å². The Morgan fingerprint density at radius 3 is 2.60 bits per heavy atom. The highest BCUT2D eigenvalue weighted by Gasteiger charge is 2.10. The van der Waals surface area contributed by atoms with Crippen LogP contribution in [-0.2, 0) is 11.3 Å². The molecule has 0 radical (unpaired) electrons. The Hall–Kier alpha value is -2.05. The summed E-state index contributed by atoms with van der Waals surface area (Å²) in [7, 11) is 0. The molecule has 1 N–H and O–H groups in total. The van der Waals surface area contributed by atoms with Gasteiger partial charge in [-0.1, -0.05) is 41.4 Å². The van der Waals surface area contributed by atoms with Crippen molar-refractivity contribution in [1.82, 2.24) is 5.32 Å². The largest absolute Gasteiger partial charge is 0.493 e. The molecule has 0 bridgehead atoms. The van der Waals surface area contributed by atoms with Gasteiger partial charge >= 0.3 is 6.61 Å². The molecule has 4 nitrogen and oxygen atoms in total. The van der Waals surface area contributed by atoms with Crippen LogP contribution in [0, 0.1) is 0 Å². The molecule has 0 atom stereocenters. The molecular formula is C17H15Cl2F2NO3. The quantitative estimate of drug-likeness (QED) is 0.712. The van der Waals surface area contributed by atoms with E-state index in [4.69, 9.17) is 27.9 Å². The zero-order valence-corrected chi connectivity index (χ0v) is 14.5. The zero-order chi connectivity index (χ0) is 18.2. The fraction of sp³-hybridized carbons (Fsp3) is 0.235. The Labute approximate surface area is 153 Å². The van der Waals surface area contributed by atoms with Crippen LogP contribution in [0.3, 0.4) is 0 Å². The second kappa shape index (κ2) is 9.44. The molecule has 0 saturated heterocycles. The van der Waals surface area contributed by atoms with Gasteiger partial charge in [-0.3, -0.25) is 4.79 Å². The highest BCUT2D eigenvalue weighted by atomic mass is 35.5. The van der Waals surface area contributed by atoms with Crippen molar-refractivity contribution >= 4 is 29.1 Å². The Morgan fingerprint density at radius 1 is 1.12 bits per heavy atom. The molecule has 1 amide bonds. The number of ether oxygens (including phenoxy) is 2. The van der Waals surface area contributed by atoms with Crippen molar-refractivity contribution in [2.45, 2.75) is 19.6 Å². The Balaban J connectivity index is 1.78. The average molecular weight is 390 g/mol. The summed E-state index contributed by atoms with van der Waals surface area (Å²) in [5, 5.41) is 3.40. The van der Waals surface area contributed by atoms with Gasteiger partial charge in [-0.15, -0.1) is 0 Å². The number of alkyl halides is 2. The van der Waals surface area contributed by atoms with Crippen LogP contribution in [0.4, 0.5) is 8.78 Å². The minimum absolute atomic E-state index is 0.0323. The third-order valence-corrected chi connectivity index (χ3v) is 3.89. The lowest BCUT2D eigenvalue weighted by molar-refractivity contribution is -0.121. The van der Waals surface area contributed by atoms with Gasteiger partial charge < -0.3 is 14.8 Å². The molecule has 2 aromatic rings. The summed E-state index contributed by atoms with van der Waals surface area (Å²) in [5.74, 6) is 0.245. The molecule has 2 rings (SSSR count). The van der Waals surface area contributed by atoms with Crippen molar-refractivity contribution in [3.63, 3.8) is 0 Å². The molecule has 2 aromatic carbocycles. The number of carbonyl (C=O) groups is 1. The van der Waals surface area contributed by atoms with Crippen LogP contribution in [0.1, 0.15) is 12.0 Å². The highest BCUT2D eigenvalue weighted by molar-refractivity contribution is 6.42. The van der Waals surface area contributed by atoms with Crippen molar-refractivity contribution in [1.29, 1.82) is 0 Å². The van der Waals surface area contributed by atoms with Crippen LogP contribution in [0.25, 0.3) is 0 Å². The SMILES string of the molecule is O=C(CCOc1ccc(Cl)c(Cl)c1)NCc1ccccc1OC(F)F. The number of benzene rings is 2. The van der Waals surface area contributed by atoms with Crippen molar-refractivity contribution in [2.75, 3.05) is 6.61 Å². The van der Waals surface area contributed by atoms with Crippen molar-refractivity contribution in [3.8, 4) is 11.5 Å². The molecular weight excluding hydrogens is 375 g/mol. The molecule has 8 heteroatoms. The predicted octanol–water partition coefficient (Wildman–Crippen LogP) is 4.68. The van der Waals surface area contributed by atoms with Gasteiger partial charge in [0.1, 0.15) is 11.5 Å². The molecule has 0 aliphatic heterocycles. The van der Waals surface area contributed by atoms with Gasteiger partial charge in [0.25, 0.3) is 0 Å². The minimum Gasteiger partial charge on any atom is -0.493 e. The monoisotopic (exact) mass is 389 g/mol. The van der Waals surface area contributed by atoms with Crippen LogP contribution < -0.4 is 14.8 Å². The van der Waals surface area contributed by atoms with E-state index in [-0.39, 0.29) is 31.2 Å². The van der Waals surface area contributed by atoms with Crippen molar-refractivity contribution < 1.29 is 23.0 Å². The maximum absolute atomic E-state index is 12.3. The molecule has 0 saturated carbocycles. The molecule has 134 valence electrons. The highest BCUT2D eigenvalue weighted by Crippen LogP contribution is 2.26. The van der Waals surface area contributed by atoms with E-state index >= 15 is 0 Å². The third kappa shape index (κ3) is 6.40. The summed E-state index contributed by atoms with van der Waals surface area (Å²) in [5.41, 5.74) is 0.460. The van der Waals surface area contributed by atoms with Crippen LogP contribution in [-0.4, -0.2) is 19.1 Å². The third-order valence-electron chi connectivity index (χ3n) is 3.15. The maximum atomic E-state index is 12.3. The van der Waals surface area contributed by atoms with Crippen LogP contribution >= 0.6 is 23.2 Å².